The predicted molar refractivity (Wildman–Crippen MR) is 265 cm³/mol. The lowest BCUT2D eigenvalue weighted by Crippen LogP contribution is -2.57. The second-order valence-electron chi connectivity index (χ2n) is 18.6. The number of amides is 3. The molecule has 5 atom stereocenters. The average molecular weight is 970 g/mol. The van der Waals surface area contributed by atoms with E-state index in [0.717, 1.165) is 64.1 Å². The van der Waals surface area contributed by atoms with E-state index in [4.69, 9.17) is 9.98 Å². The van der Waals surface area contributed by atoms with Crippen molar-refractivity contribution in [1.82, 2.24) is 40.3 Å². The van der Waals surface area contributed by atoms with Crippen LogP contribution in [0.3, 0.4) is 0 Å². The van der Waals surface area contributed by atoms with Crippen molar-refractivity contribution in [3.05, 3.63) is 122 Å². The van der Waals surface area contributed by atoms with Crippen LogP contribution in [0.25, 0.3) is 36.8 Å². The first kappa shape index (κ1) is 46.6. The Hall–Kier alpha value is -6.47. The molecule has 0 unspecified atom stereocenters. The molecule has 9 rings (SSSR count). The van der Waals surface area contributed by atoms with Crippen LogP contribution in [-0.2, 0) is 14.4 Å². The number of aliphatic hydroxyl groups excluding tert-OH is 1. The summed E-state index contributed by atoms with van der Waals surface area (Å²) >= 11 is 4.39. The molecule has 4 N–H and O–H groups in total. The third-order valence-corrected chi connectivity index (χ3v) is 15.9. The number of carbonyl (C=O) groups is 4. The highest BCUT2D eigenvalue weighted by atomic mass is 32.1. The molecule has 0 radical (unpaired) electrons. The van der Waals surface area contributed by atoms with Crippen molar-refractivity contribution in [3.63, 3.8) is 0 Å². The number of carboxylic acids is 1. The number of hydrogen-bond donors (Lipinski definition) is 4. The van der Waals surface area contributed by atoms with Crippen LogP contribution >= 0.6 is 34.0 Å². The summed E-state index contributed by atoms with van der Waals surface area (Å²) in [5, 5.41) is 36.4. The third-order valence-electron chi connectivity index (χ3n) is 12.7. The molecule has 6 heterocycles. The van der Waals surface area contributed by atoms with Gasteiger partial charge in [-0.15, -0.1) is 44.2 Å². The van der Waals surface area contributed by atoms with Crippen LogP contribution < -0.4 is 10.6 Å². The van der Waals surface area contributed by atoms with Gasteiger partial charge >= 0.3 is 5.97 Å². The van der Waals surface area contributed by atoms with E-state index in [1.54, 1.807) is 22.7 Å². The van der Waals surface area contributed by atoms with Crippen LogP contribution in [0.15, 0.2) is 77.2 Å². The largest absolute Gasteiger partial charge is 0.481 e. The first-order valence-corrected chi connectivity index (χ1v) is 24.8. The quantitative estimate of drug-likeness (QED) is 0.0976. The molecule has 0 saturated carbocycles. The summed E-state index contributed by atoms with van der Waals surface area (Å²) in [6, 6.07) is 18.6. The average Bonchev–Trinajstić information content (AvgIpc) is 4.14. The van der Waals surface area contributed by atoms with E-state index in [-0.39, 0.29) is 36.3 Å². The smallest absolute Gasteiger partial charge is 0.306 e. The molecule has 68 heavy (non-hydrogen) atoms. The zero-order chi connectivity index (χ0) is 48.3. The number of aromatic nitrogens is 5. The molecular weight excluding hydrogens is 919 g/mol. The molecule has 0 bridgehead atoms. The number of nitrogens with zero attached hydrogens (tertiary/aromatic N) is 7. The fraction of sp³-hybridized carbons (Fsp3) is 0.340. The molecule has 0 spiro atoms. The number of fused-ring (bicyclic) bond motifs is 4. The number of carboxylic acid groups (broad SMARTS) is 1. The lowest BCUT2D eigenvalue weighted by Gasteiger charge is -2.35. The minimum atomic E-state index is -1.03. The Labute approximate surface area is 405 Å². The maximum atomic E-state index is 14.4. The van der Waals surface area contributed by atoms with Gasteiger partial charge < -0.3 is 25.7 Å². The Morgan fingerprint density at radius 3 is 2.25 bits per heavy atom. The number of nitrogens with one attached hydrogen (secondary N) is 2. The zero-order valence-corrected chi connectivity index (χ0v) is 41.3. The number of aliphatic carboxylic acids is 1. The lowest BCUT2D eigenvalue weighted by atomic mass is 9.85. The van der Waals surface area contributed by atoms with Crippen LogP contribution in [0, 0.1) is 33.1 Å². The number of hydrogen-bond acceptors (Lipinski definition) is 13. The maximum absolute atomic E-state index is 14.4. The van der Waals surface area contributed by atoms with Gasteiger partial charge in [0.25, 0.3) is 5.91 Å². The number of β-amino-alcohol motifs (C(OH)–C–C–N with tert-alkyl or cyclic N) is 1. The van der Waals surface area contributed by atoms with Gasteiger partial charge in [-0.25, -0.2) is 9.97 Å². The highest BCUT2D eigenvalue weighted by Crippen LogP contribution is 2.40. The molecule has 0 aliphatic carbocycles. The monoisotopic (exact) mass is 969 g/mol. The minimum absolute atomic E-state index is 0.0431. The van der Waals surface area contributed by atoms with Crippen molar-refractivity contribution in [1.29, 1.82) is 0 Å². The molecular formula is C50H51N9O6S3. The fourth-order valence-corrected chi connectivity index (χ4v) is 11.8. The van der Waals surface area contributed by atoms with Crippen molar-refractivity contribution in [2.75, 3.05) is 6.54 Å². The molecule has 3 amide bonds. The minimum Gasteiger partial charge on any atom is -0.481 e. The summed E-state index contributed by atoms with van der Waals surface area (Å²) in [4.78, 5) is 72.0. The van der Waals surface area contributed by atoms with Crippen molar-refractivity contribution < 1.29 is 29.4 Å². The number of aryl methyl sites for hydroxylation is 3. The number of aliphatic hydroxyl groups is 1. The van der Waals surface area contributed by atoms with E-state index in [2.05, 4.69) is 32.7 Å². The van der Waals surface area contributed by atoms with Crippen molar-refractivity contribution in [2.24, 2.45) is 10.4 Å². The van der Waals surface area contributed by atoms with Gasteiger partial charge in [0.05, 0.1) is 50.6 Å². The number of benzene rings is 3. The van der Waals surface area contributed by atoms with Gasteiger partial charge in [0, 0.05) is 29.0 Å². The molecule has 7 aromatic rings. The first-order valence-electron chi connectivity index (χ1n) is 22.3. The lowest BCUT2D eigenvalue weighted by molar-refractivity contribution is -0.142. The normalized spacial score (nSPS) is 17.8. The van der Waals surface area contributed by atoms with Crippen LogP contribution in [0.1, 0.15) is 107 Å². The number of thiophene rings is 1. The first-order chi connectivity index (χ1) is 32.4. The maximum Gasteiger partial charge on any atom is 0.306 e. The summed E-state index contributed by atoms with van der Waals surface area (Å²) in [7, 11) is 0. The van der Waals surface area contributed by atoms with Gasteiger partial charge in [-0.05, 0) is 80.0 Å². The molecule has 2 aliphatic heterocycles. The van der Waals surface area contributed by atoms with Crippen molar-refractivity contribution in [2.45, 2.75) is 98.5 Å². The van der Waals surface area contributed by atoms with E-state index in [9.17, 15) is 29.4 Å². The number of likely N-dealkylation sites (tertiary alicyclic amines) is 1. The molecule has 2 aliphatic rings. The standard InChI is InChI=1S/C50H51N9O6S3/c1-24-27(4)67-49-40(24)41(53-36(21-39(61)62)44-57-56-28(5)59(44)49)31-13-11-30(12-14-31)33-17-18-38-35(19-33)54-47(68-38)46(64)55-43(50(6,7)8)48(65)58-22-34(60)20-37(58)45(63)52-25(2)29-9-15-32(16-10-29)42-26(3)51-23-66-42/h9-19,23,25,34,36-37,43,60H,20-22H2,1-8H3,(H,52,63)(H,55,64)(H,61,62)/t25-,34+,36-,37-,43+/m0/s1. The zero-order valence-electron chi connectivity index (χ0n) is 38.8. The summed E-state index contributed by atoms with van der Waals surface area (Å²) in [6.45, 7) is 15.3. The van der Waals surface area contributed by atoms with E-state index in [1.165, 1.54) is 16.2 Å². The van der Waals surface area contributed by atoms with Crippen molar-refractivity contribution >= 4 is 73.6 Å². The number of rotatable bonds is 11. The molecule has 3 aromatic carbocycles. The van der Waals surface area contributed by atoms with Gasteiger partial charge in [-0.2, -0.15) is 0 Å². The highest BCUT2D eigenvalue weighted by Gasteiger charge is 2.45. The number of carbonyl (C=O) groups excluding carboxylic acids is 3. The Balaban J connectivity index is 0.912. The van der Waals surface area contributed by atoms with Crippen LogP contribution in [-0.4, -0.2) is 94.0 Å². The Bertz CT molecular complexity index is 3140. The number of thiazole rings is 2. The van der Waals surface area contributed by atoms with Crippen LogP contribution in [0.2, 0.25) is 0 Å². The summed E-state index contributed by atoms with van der Waals surface area (Å²) in [6.07, 6.45) is -1.07. The molecule has 1 fully saturated rings. The second kappa shape index (κ2) is 18.2. The molecule has 350 valence electrons. The van der Waals surface area contributed by atoms with E-state index in [0.29, 0.717) is 22.9 Å². The Kier molecular flexibility index (Phi) is 12.5. The van der Waals surface area contributed by atoms with Crippen LogP contribution in [0.5, 0.6) is 0 Å². The predicted octanol–water partition coefficient (Wildman–Crippen LogP) is 8.31. The number of aliphatic imine (C=N–C) groups is 1. The second-order valence-corrected chi connectivity index (χ2v) is 21.7. The van der Waals surface area contributed by atoms with E-state index >= 15 is 0 Å². The molecule has 15 nitrogen and oxygen atoms in total. The topological polar surface area (TPSA) is 205 Å². The summed E-state index contributed by atoms with van der Waals surface area (Å²) < 4.78 is 2.72. The van der Waals surface area contributed by atoms with E-state index < -0.39 is 47.4 Å². The highest BCUT2D eigenvalue weighted by molar-refractivity contribution is 7.20. The third kappa shape index (κ3) is 8.88. The SMILES string of the molecule is Cc1ncsc1-c1ccc([C@H](C)NC(=O)[C@@H]2C[C@@H](O)CN2C(=O)[C@@H](NC(=O)c2nc3cc(-c4ccc(C5=N[C@@H](CC(=O)O)c6nnc(C)n6-c6sc(C)c(C)c65)cc4)ccc3s2)C(C)(C)C)cc1. The summed E-state index contributed by atoms with van der Waals surface area (Å²) in [5.41, 5.74) is 9.83. The Morgan fingerprint density at radius 1 is 0.882 bits per heavy atom. The molecule has 4 aromatic heterocycles. The Morgan fingerprint density at radius 2 is 1.57 bits per heavy atom. The van der Waals surface area contributed by atoms with Gasteiger partial charge in [0.2, 0.25) is 11.8 Å². The van der Waals surface area contributed by atoms with Crippen molar-refractivity contribution in [3.8, 4) is 26.6 Å². The summed E-state index contributed by atoms with van der Waals surface area (Å²) in [5.74, 6) is -1.19. The molecule has 18 heteroatoms. The van der Waals surface area contributed by atoms with Gasteiger partial charge in [-0.1, -0.05) is 75.4 Å². The fourth-order valence-electron chi connectivity index (χ4n) is 8.92. The molecule has 1 saturated heterocycles. The van der Waals surface area contributed by atoms with Crippen LogP contribution in [0.4, 0.5) is 0 Å². The van der Waals surface area contributed by atoms with E-state index in [1.807, 2.05) is 125 Å². The van der Waals surface area contributed by atoms with Gasteiger partial charge in [-0.3, -0.25) is 28.7 Å². The van der Waals surface area contributed by atoms with Gasteiger partial charge in [0.15, 0.2) is 10.8 Å². The van der Waals surface area contributed by atoms with Gasteiger partial charge in [0.1, 0.15) is 29.0 Å².